The van der Waals surface area contributed by atoms with Crippen molar-refractivity contribution in [2.45, 2.75) is 25.9 Å². The van der Waals surface area contributed by atoms with Gasteiger partial charge in [-0.05, 0) is 25.0 Å². The van der Waals surface area contributed by atoms with Crippen LogP contribution in [0.3, 0.4) is 0 Å². The maximum atomic E-state index is 5.46. The van der Waals surface area contributed by atoms with Crippen LogP contribution in [0.4, 0.5) is 0 Å². The van der Waals surface area contributed by atoms with Crippen molar-refractivity contribution in [3.05, 3.63) is 48.0 Å². The van der Waals surface area contributed by atoms with Gasteiger partial charge < -0.3 is 4.84 Å². The highest BCUT2D eigenvalue weighted by atomic mass is 16.7. The molecule has 0 N–H and O–H groups in total. The lowest BCUT2D eigenvalue weighted by Crippen LogP contribution is -2.25. The Kier molecular flexibility index (Phi) is 2.35. The minimum Gasteiger partial charge on any atom is -0.384 e. The van der Waals surface area contributed by atoms with Gasteiger partial charge in [-0.3, -0.25) is 0 Å². The van der Waals surface area contributed by atoms with Crippen molar-refractivity contribution in [1.29, 1.82) is 0 Å². The quantitative estimate of drug-likeness (QED) is 0.673. The van der Waals surface area contributed by atoms with Crippen LogP contribution < -0.4 is 0 Å². The van der Waals surface area contributed by atoms with E-state index in [1.54, 1.807) is 0 Å². The summed E-state index contributed by atoms with van der Waals surface area (Å²) in [4.78, 5) is 5.46. The van der Waals surface area contributed by atoms with Gasteiger partial charge in [0, 0.05) is 6.42 Å². The zero-order valence-corrected chi connectivity index (χ0v) is 9.16. The van der Waals surface area contributed by atoms with Crippen LogP contribution in [0.5, 0.6) is 0 Å². The Labute approximate surface area is 90.3 Å². The fraction of sp³-hybridized carbons (Fsp3) is 0.308. The molecule has 2 nitrogen and oxygen atoms in total. The second kappa shape index (κ2) is 3.54. The lowest BCUT2D eigenvalue weighted by molar-refractivity contribution is 0.0271. The first-order chi connectivity index (χ1) is 7.12. The first kappa shape index (κ1) is 9.97. The van der Waals surface area contributed by atoms with Gasteiger partial charge in [-0.2, -0.15) is 0 Å². The highest BCUT2D eigenvalue weighted by Crippen LogP contribution is 2.31. The molecular weight excluding hydrogens is 186 g/mol. The molecule has 1 heterocycles. The summed E-state index contributed by atoms with van der Waals surface area (Å²) in [7, 11) is 0. The number of hydrogen-bond acceptors (Lipinski definition) is 2. The van der Waals surface area contributed by atoms with Crippen LogP contribution in [0.1, 0.15) is 25.8 Å². The van der Waals surface area contributed by atoms with Crippen molar-refractivity contribution in [2.75, 3.05) is 0 Å². The molecular formula is C13H15NO. The Morgan fingerprint density at radius 3 is 2.60 bits per heavy atom. The van der Waals surface area contributed by atoms with Crippen LogP contribution >= 0.6 is 0 Å². The summed E-state index contributed by atoms with van der Waals surface area (Å²) >= 11 is 0. The van der Waals surface area contributed by atoms with E-state index < -0.39 is 0 Å². The van der Waals surface area contributed by atoms with Crippen molar-refractivity contribution in [2.24, 2.45) is 5.16 Å². The van der Waals surface area contributed by atoms with Gasteiger partial charge in [0.05, 0.1) is 5.71 Å². The Balaban J connectivity index is 2.21. The SMILES string of the molecule is C=C(C)C1(C)CC(c2ccccc2)=NO1. The molecule has 1 aromatic carbocycles. The number of oxime groups is 1. The Bertz CT molecular complexity index is 408. The van der Waals surface area contributed by atoms with Crippen molar-refractivity contribution >= 4 is 5.71 Å². The molecule has 0 aliphatic carbocycles. The monoisotopic (exact) mass is 201 g/mol. The fourth-order valence-corrected chi connectivity index (χ4v) is 1.55. The average molecular weight is 201 g/mol. The Hall–Kier alpha value is -1.57. The summed E-state index contributed by atoms with van der Waals surface area (Å²) in [6.07, 6.45) is 0.798. The highest BCUT2D eigenvalue weighted by Gasteiger charge is 2.35. The number of hydrogen-bond donors (Lipinski definition) is 0. The molecule has 0 fully saturated rings. The molecule has 2 heteroatoms. The van der Waals surface area contributed by atoms with Gasteiger partial charge in [0.15, 0.2) is 5.60 Å². The van der Waals surface area contributed by atoms with E-state index >= 15 is 0 Å². The van der Waals surface area contributed by atoms with E-state index in [4.69, 9.17) is 4.84 Å². The van der Waals surface area contributed by atoms with Gasteiger partial charge in [-0.25, -0.2) is 0 Å². The van der Waals surface area contributed by atoms with Crippen LogP contribution in [0, 0.1) is 0 Å². The predicted octanol–water partition coefficient (Wildman–Crippen LogP) is 3.15. The Morgan fingerprint density at radius 2 is 2.07 bits per heavy atom. The molecule has 0 aromatic heterocycles. The normalized spacial score (nSPS) is 24.5. The van der Waals surface area contributed by atoms with Gasteiger partial charge >= 0.3 is 0 Å². The predicted molar refractivity (Wildman–Crippen MR) is 61.9 cm³/mol. The van der Waals surface area contributed by atoms with E-state index in [9.17, 15) is 0 Å². The fourth-order valence-electron chi connectivity index (χ4n) is 1.55. The van der Waals surface area contributed by atoms with Crippen molar-refractivity contribution in [3.63, 3.8) is 0 Å². The van der Waals surface area contributed by atoms with E-state index in [1.807, 2.05) is 44.2 Å². The summed E-state index contributed by atoms with van der Waals surface area (Å²) in [6.45, 7) is 7.94. The summed E-state index contributed by atoms with van der Waals surface area (Å²) in [5.74, 6) is 0. The molecule has 1 atom stereocenters. The third-order valence-corrected chi connectivity index (χ3v) is 2.87. The largest absolute Gasteiger partial charge is 0.384 e. The van der Waals surface area contributed by atoms with Crippen molar-refractivity contribution in [3.8, 4) is 0 Å². The molecule has 78 valence electrons. The first-order valence-corrected chi connectivity index (χ1v) is 5.08. The number of benzene rings is 1. The zero-order chi connectivity index (χ0) is 10.9. The van der Waals surface area contributed by atoms with Gasteiger partial charge in [0.1, 0.15) is 0 Å². The third-order valence-electron chi connectivity index (χ3n) is 2.87. The topological polar surface area (TPSA) is 21.6 Å². The van der Waals surface area contributed by atoms with Gasteiger partial charge in [0.2, 0.25) is 0 Å². The van der Waals surface area contributed by atoms with E-state index in [0.29, 0.717) is 0 Å². The minimum atomic E-state index is -0.328. The van der Waals surface area contributed by atoms with Crippen LogP contribution in [0.25, 0.3) is 0 Å². The molecule has 0 amide bonds. The van der Waals surface area contributed by atoms with Crippen molar-refractivity contribution in [1.82, 2.24) is 0 Å². The molecule has 0 saturated carbocycles. The lowest BCUT2D eigenvalue weighted by Gasteiger charge is -2.21. The van der Waals surface area contributed by atoms with Gasteiger partial charge in [-0.15, -0.1) is 0 Å². The smallest absolute Gasteiger partial charge is 0.161 e. The van der Waals surface area contributed by atoms with E-state index in [0.717, 1.165) is 23.3 Å². The number of nitrogens with zero attached hydrogens (tertiary/aromatic N) is 1. The van der Waals surface area contributed by atoms with Crippen LogP contribution in [0.15, 0.2) is 47.6 Å². The zero-order valence-electron chi connectivity index (χ0n) is 9.16. The molecule has 2 rings (SSSR count). The van der Waals surface area contributed by atoms with Gasteiger partial charge in [-0.1, -0.05) is 42.1 Å². The number of rotatable bonds is 2. The lowest BCUT2D eigenvalue weighted by atomic mass is 9.91. The maximum Gasteiger partial charge on any atom is 0.161 e. The first-order valence-electron chi connectivity index (χ1n) is 5.08. The average Bonchev–Trinajstić information content (AvgIpc) is 2.64. The standard InChI is InChI=1S/C13H15NO/c1-10(2)13(3)9-12(14-15-13)11-7-5-4-6-8-11/h4-8H,1,9H2,2-3H3. The molecule has 0 spiro atoms. The van der Waals surface area contributed by atoms with E-state index in [-0.39, 0.29) is 5.60 Å². The Morgan fingerprint density at radius 1 is 1.40 bits per heavy atom. The highest BCUT2D eigenvalue weighted by molar-refractivity contribution is 6.01. The van der Waals surface area contributed by atoms with Crippen LogP contribution in [-0.2, 0) is 4.84 Å². The molecule has 1 aromatic rings. The minimum absolute atomic E-state index is 0.328. The summed E-state index contributed by atoms with van der Waals surface area (Å²) in [5.41, 5.74) is 2.81. The van der Waals surface area contributed by atoms with Gasteiger partial charge in [0.25, 0.3) is 0 Å². The molecule has 0 bridgehead atoms. The third kappa shape index (κ3) is 1.80. The summed E-state index contributed by atoms with van der Waals surface area (Å²) < 4.78 is 0. The molecule has 15 heavy (non-hydrogen) atoms. The summed E-state index contributed by atoms with van der Waals surface area (Å²) in [6, 6.07) is 10.1. The molecule has 0 saturated heterocycles. The van der Waals surface area contributed by atoms with E-state index in [2.05, 4.69) is 11.7 Å². The second-order valence-corrected chi connectivity index (χ2v) is 4.18. The van der Waals surface area contributed by atoms with E-state index in [1.165, 1.54) is 0 Å². The van der Waals surface area contributed by atoms with Crippen molar-refractivity contribution < 1.29 is 4.84 Å². The summed E-state index contributed by atoms with van der Waals surface area (Å²) in [5, 5.41) is 4.14. The molecule has 1 unspecified atom stereocenters. The molecule has 0 radical (unpaired) electrons. The maximum absolute atomic E-state index is 5.46. The van der Waals surface area contributed by atoms with Crippen LogP contribution in [0.2, 0.25) is 0 Å². The molecule has 1 aliphatic rings. The molecule has 1 aliphatic heterocycles. The second-order valence-electron chi connectivity index (χ2n) is 4.18. The van der Waals surface area contributed by atoms with Crippen LogP contribution in [-0.4, -0.2) is 11.3 Å².